The summed E-state index contributed by atoms with van der Waals surface area (Å²) in [7, 11) is 0. The Morgan fingerprint density at radius 2 is 1.65 bits per heavy atom. The molecule has 1 aromatic carbocycles. The van der Waals surface area contributed by atoms with Crippen molar-refractivity contribution < 1.29 is 9.59 Å². The molecule has 0 spiro atoms. The van der Waals surface area contributed by atoms with Gasteiger partial charge in [0.15, 0.2) is 0 Å². The zero-order valence-electron chi connectivity index (χ0n) is 9.98. The minimum absolute atomic E-state index is 0.153. The van der Waals surface area contributed by atoms with Gasteiger partial charge in [0.25, 0.3) is 0 Å². The second-order valence-corrected chi connectivity index (χ2v) is 4.09. The second kappa shape index (κ2) is 6.03. The first-order chi connectivity index (χ1) is 8.04. The van der Waals surface area contributed by atoms with E-state index in [2.05, 4.69) is 0 Å². The van der Waals surface area contributed by atoms with E-state index in [0.29, 0.717) is 0 Å². The molecule has 4 heteroatoms. The molecule has 4 N–H and O–H groups in total. The molecule has 1 rings (SSSR count). The quantitative estimate of drug-likeness (QED) is 0.771. The first kappa shape index (κ1) is 13.2. The molecule has 17 heavy (non-hydrogen) atoms. The van der Waals surface area contributed by atoms with Gasteiger partial charge in [0.05, 0.1) is 0 Å². The van der Waals surface area contributed by atoms with Crippen LogP contribution in [0.4, 0.5) is 0 Å². The lowest BCUT2D eigenvalue weighted by atomic mass is 9.87. The van der Waals surface area contributed by atoms with Gasteiger partial charge in [-0.1, -0.05) is 31.2 Å². The number of benzene rings is 1. The highest BCUT2D eigenvalue weighted by Gasteiger charge is 2.19. The molecule has 1 aromatic rings. The summed E-state index contributed by atoms with van der Waals surface area (Å²) >= 11 is 0. The summed E-state index contributed by atoms with van der Waals surface area (Å²) in [6.45, 7) is 2.03. The molecule has 4 nitrogen and oxygen atoms in total. The van der Waals surface area contributed by atoms with E-state index in [1.807, 2.05) is 31.2 Å². The molecular weight excluding hydrogens is 216 g/mol. The highest BCUT2D eigenvalue weighted by molar-refractivity contribution is 5.78. The van der Waals surface area contributed by atoms with Gasteiger partial charge in [-0.3, -0.25) is 9.59 Å². The van der Waals surface area contributed by atoms with Crippen molar-refractivity contribution in [3.05, 3.63) is 35.4 Å². The van der Waals surface area contributed by atoms with E-state index in [0.717, 1.165) is 17.5 Å². The van der Waals surface area contributed by atoms with E-state index in [-0.39, 0.29) is 18.8 Å². The number of nitrogens with two attached hydrogens (primary N) is 2. The second-order valence-electron chi connectivity index (χ2n) is 4.09. The van der Waals surface area contributed by atoms with Gasteiger partial charge in [0, 0.05) is 18.8 Å². The average molecular weight is 234 g/mol. The van der Waals surface area contributed by atoms with Crippen molar-refractivity contribution in [2.45, 2.75) is 32.1 Å². The van der Waals surface area contributed by atoms with E-state index in [4.69, 9.17) is 11.5 Å². The standard InChI is InChI=1S/C13H18N2O2/c1-2-9-5-3-4-6-11(9)10(7-12(14)16)8-13(15)17/h3-6,10H,2,7-8H2,1H3,(H2,14,16)(H2,15,17). The molecule has 0 aliphatic heterocycles. The van der Waals surface area contributed by atoms with E-state index >= 15 is 0 Å². The normalized spacial score (nSPS) is 10.5. The van der Waals surface area contributed by atoms with Crippen molar-refractivity contribution in [2.75, 3.05) is 0 Å². The number of aryl methyl sites for hydroxylation is 1. The number of primary amides is 2. The average Bonchev–Trinajstić information content (AvgIpc) is 2.27. The Bertz CT molecular complexity index is 400. The summed E-state index contributed by atoms with van der Waals surface area (Å²) in [5, 5.41) is 0. The van der Waals surface area contributed by atoms with Gasteiger partial charge < -0.3 is 11.5 Å². The van der Waals surface area contributed by atoms with E-state index in [9.17, 15) is 9.59 Å². The predicted octanol–water partition coefficient (Wildman–Crippen LogP) is 1.08. The molecule has 0 aliphatic carbocycles. The molecule has 0 fully saturated rings. The van der Waals surface area contributed by atoms with Crippen molar-refractivity contribution in [2.24, 2.45) is 11.5 Å². The number of amides is 2. The molecule has 2 amide bonds. The molecular formula is C13H18N2O2. The van der Waals surface area contributed by atoms with Crippen molar-refractivity contribution in [1.82, 2.24) is 0 Å². The number of carbonyl (C=O) groups excluding carboxylic acids is 2. The van der Waals surface area contributed by atoms with Gasteiger partial charge in [-0.25, -0.2) is 0 Å². The molecule has 0 aliphatic rings. The van der Waals surface area contributed by atoms with Crippen LogP contribution >= 0.6 is 0 Å². The van der Waals surface area contributed by atoms with Crippen LogP contribution in [-0.2, 0) is 16.0 Å². The Hall–Kier alpha value is -1.84. The lowest BCUT2D eigenvalue weighted by Crippen LogP contribution is -2.21. The maximum absolute atomic E-state index is 11.0. The fourth-order valence-corrected chi connectivity index (χ4v) is 2.03. The van der Waals surface area contributed by atoms with Crippen molar-refractivity contribution in [3.63, 3.8) is 0 Å². The van der Waals surface area contributed by atoms with Crippen LogP contribution in [0.5, 0.6) is 0 Å². The Morgan fingerprint density at radius 1 is 1.12 bits per heavy atom. The Labute approximate surface area is 101 Å². The fourth-order valence-electron chi connectivity index (χ4n) is 2.03. The topological polar surface area (TPSA) is 86.2 Å². The van der Waals surface area contributed by atoms with Gasteiger partial charge in [-0.15, -0.1) is 0 Å². The number of hydrogen-bond acceptors (Lipinski definition) is 2. The Balaban J connectivity index is 3.02. The summed E-state index contributed by atoms with van der Waals surface area (Å²) < 4.78 is 0. The van der Waals surface area contributed by atoms with Crippen LogP contribution in [0, 0.1) is 0 Å². The van der Waals surface area contributed by atoms with E-state index in [1.165, 1.54) is 0 Å². The van der Waals surface area contributed by atoms with Gasteiger partial charge in [-0.2, -0.15) is 0 Å². The molecule has 92 valence electrons. The largest absolute Gasteiger partial charge is 0.370 e. The van der Waals surface area contributed by atoms with Crippen molar-refractivity contribution in [1.29, 1.82) is 0 Å². The maximum Gasteiger partial charge on any atom is 0.218 e. The molecule has 0 heterocycles. The smallest absolute Gasteiger partial charge is 0.218 e. The van der Waals surface area contributed by atoms with Crippen LogP contribution in [0.25, 0.3) is 0 Å². The summed E-state index contributed by atoms with van der Waals surface area (Å²) in [6.07, 6.45) is 1.16. The Kier molecular flexibility index (Phi) is 4.69. The monoisotopic (exact) mass is 234 g/mol. The summed E-state index contributed by atoms with van der Waals surface area (Å²) in [5.41, 5.74) is 12.5. The number of carbonyl (C=O) groups is 2. The molecule has 0 saturated carbocycles. The van der Waals surface area contributed by atoms with Gasteiger partial charge in [0.1, 0.15) is 0 Å². The first-order valence-corrected chi connectivity index (χ1v) is 5.69. The SMILES string of the molecule is CCc1ccccc1C(CC(N)=O)CC(N)=O. The third-order valence-electron chi connectivity index (χ3n) is 2.77. The van der Waals surface area contributed by atoms with Crippen LogP contribution < -0.4 is 11.5 Å². The zero-order valence-corrected chi connectivity index (χ0v) is 9.98. The highest BCUT2D eigenvalue weighted by atomic mass is 16.1. The molecule has 0 radical (unpaired) electrons. The summed E-state index contributed by atoms with van der Waals surface area (Å²) in [5.74, 6) is -1.04. The van der Waals surface area contributed by atoms with E-state index in [1.54, 1.807) is 0 Å². The third-order valence-corrected chi connectivity index (χ3v) is 2.77. The number of hydrogen-bond donors (Lipinski definition) is 2. The fraction of sp³-hybridized carbons (Fsp3) is 0.385. The zero-order chi connectivity index (χ0) is 12.8. The minimum Gasteiger partial charge on any atom is -0.370 e. The third kappa shape index (κ3) is 3.90. The summed E-state index contributed by atoms with van der Waals surface area (Å²) in [4.78, 5) is 22.1. The van der Waals surface area contributed by atoms with Gasteiger partial charge in [0.2, 0.25) is 11.8 Å². The molecule has 0 unspecified atom stereocenters. The van der Waals surface area contributed by atoms with Crippen molar-refractivity contribution in [3.8, 4) is 0 Å². The summed E-state index contributed by atoms with van der Waals surface area (Å²) in [6, 6.07) is 7.75. The molecule has 0 saturated heterocycles. The van der Waals surface area contributed by atoms with Crippen LogP contribution in [0.2, 0.25) is 0 Å². The van der Waals surface area contributed by atoms with Crippen LogP contribution in [0.1, 0.15) is 36.8 Å². The van der Waals surface area contributed by atoms with E-state index < -0.39 is 11.8 Å². The maximum atomic E-state index is 11.0. The lowest BCUT2D eigenvalue weighted by Gasteiger charge is -2.17. The predicted molar refractivity (Wildman–Crippen MR) is 66.2 cm³/mol. The molecule has 0 bridgehead atoms. The molecule has 0 aromatic heterocycles. The lowest BCUT2D eigenvalue weighted by molar-refractivity contribution is -0.119. The first-order valence-electron chi connectivity index (χ1n) is 5.69. The van der Waals surface area contributed by atoms with Crippen molar-refractivity contribution >= 4 is 11.8 Å². The number of rotatable bonds is 6. The molecule has 0 atom stereocenters. The van der Waals surface area contributed by atoms with Gasteiger partial charge >= 0.3 is 0 Å². The van der Waals surface area contributed by atoms with Crippen LogP contribution in [-0.4, -0.2) is 11.8 Å². The minimum atomic E-state index is -0.415. The van der Waals surface area contributed by atoms with Gasteiger partial charge in [-0.05, 0) is 17.5 Å². The Morgan fingerprint density at radius 3 is 2.12 bits per heavy atom. The van der Waals surface area contributed by atoms with Crippen LogP contribution in [0.15, 0.2) is 24.3 Å². The van der Waals surface area contributed by atoms with Crippen LogP contribution in [0.3, 0.4) is 0 Å². The highest BCUT2D eigenvalue weighted by Crippen LogP contribution is 2.26.